The van der Waals surface area contributed by atoms with Crippen LogP contribution in [0.5, 0.6) is 11.5 Å². The number of halogens is 1. The van der Waals surface area contributed by atoms with E-state index >= 15 is 0 Å². The smallest absolute Gasteiger partial charge is 0.236 e. The molecule has 0 aromatic heterocycles. The number of nitrogens with zero attached hydrogens (tertiary/aromatic N) is 2. The summed E-state index contributed by atoms with van der Waals surface area (Å²) >= 11 is 0. The van der Waals surface area contributed by atoms with Crippen molar-refractivity contribution in [2.75, 3.05) is 43.9 Å². The van der Waals surface area contributed by atoms with E-state index < -0.39 is 10.0 Å². The van der Waals surface area contributed by atoms with Crippen molar-refractivity contribution in [2.24, 2.45) is 4.99 Å². The van der Waals surface area contributed by atoms with Crippen molar-refractivity contribution in [1.29, 1.82) is 0 Å². The van der Waals surface area contributed by atoms with Crippen LogP contribution in [0.2, 0.25) is 0 Å². The second kappa shape index (κ2) is 12.1. The minimum absolute atomic E-state index is 0. The third kappa shape index (κ3) is 6.41. The lowest BCUT2D eigenvalue weighted by Gasteiger charge is -2.20. The van der Waals surface area contributed by atoms with E-state index in [0.717, 1.165) is 23.2 Å². The number of benzene rings is 2. The summed E-state index contributed by atoms with van der Waals surface area (Å²) in [5.74, 6) is 1.94. The topological polar surface area (TPSA) is 92.3 Å². The Balaban J connectivity index is 0.00000363. The van der Waals surface area contributed by atoms with Crippen LogP contribution >= 0.6 is 24.0 Å². The van der Waals surface area contributed by atoms with Crippen LogP contribution in [0.4, 0.5) is 5.69 Å². The Morgan fingerprint density at radius 3 is 2.62 bits per heavy atom. The minimum Gasteiger partial charge on any atom is -0.497 e. The number of fused-ring (bicyclic) bond motifs is 1. The van der Waals surface area contributed by atoms with Gasteiger partial charge in [0.1, 0.15) is 11.5 Å². The molecule has 0 saturated heterocycles. The minimum atomic E-state index is -3.42. The predicted octanol–water partition coefficient (Wildman–Crippen LogP) is 2.77. The van der Waals surface area contributed by atoms with Crippen molar-refractivity contribution in [3.8, 4) is 11.5 Å². The van der Waals surface area contributed by atoms with Crippen LogP contribution in [-0.2, 0) is 23.0 Å². The van der Waals surface area contributed by atoms with E-state index in [1.54, 1.807) is 14.2 Å². The molecule has 2 aromatic carbocycles. The molecule has 1 heterocycles. The van der Waals surface area contributed by atoms with E-state index in [4.69, 9.17) is 9.47 Å². The van der Waals surface area contributed by atoms with Gasteiger partial charge in [0, 0.05) is 31.3 Å². The highest BCUT2D eigenvalue weighted by atomic mass is 127. The number of guanidine groups is 1. The normalized spacial score (nSPS) is 13.2. The fraction of sp³-hybridized carbons (Fsp3) is 0.409. The first-order valence-corrected chi connectivity index (χ1v) is 11.9. The van der Waals surface area contributed by atoms with Crippen LogP contribution in [-0.4, -0.2) is 54.0 Å². The molecule has 0 bridgehead atoms. The molecule has 0 fully saturated rings. The number of aliphatic imine (C=N–C) groups is 1. The third-order valence-corrected chi connectivity index (χ3v) is 6.85. The highest BCUT2D eigenvalue weighted by Gasteiger charge is 2.28. The van der Waals surface area contributed by atoms with E-state index in [1.165, 1.54) is 4.31 Å². The highest BCUT2D eigenvalue weighted by molar-refractivity contribution is 14.0. The number of rotatable bonds is 9. The van der Waals surface area contributed by atoms with Crippen LogP contribution in [0.1, 0.15) is 18.1 Å². The molecule has 0 unspecified atom stereocenters. The Morgan fingerprint density at radius 1 is 1.12 bits per heavy atom. The van der Waals surface area contributed by atoms with Crippen molar-refractivity contribution in [3.63, 3.8) is 0 Å². The van der Waals surface area contributed by atoms with Gasteiger partial charge in [-0.2, -0.15) is 0 Å². The van der Waals surface area contributed by atoms with E-state index in [2.05, 4.69) is 15.6 Å². The van der Waals surface area contributed by atoms with Crippen LogP contribution in [0.25, 0.3) is 0 Å². The Bertz CT molecular complexity index is 1030. The lowest BCUT2D eigenvalue weighted by Crippen LogP contribution is -2.42. The number of anilines is 1. The van der Waals surface area contributed by atoms with Gasteiger partial charge in [-0.25, -0.2) is 13.4 Å². The lowest BCUT2D eigenvalue weighted by atomic mass is 10.2. The molecule has 0 radical (unpaired) electrons. The van der Waals surface area contributed by atoms with Crippen molar-refractivity contribution in [1.82, 2.24) is 10.6 Å². The van der Waals surface area contributed by atoms with Crippen molar-refractivity contribution in [3.05, 3.63) is 53.6 Å². The number of nitrogens with one attached hydrogen (secondary N) is 2. The summed E-state index contributed by atoms with van der Waals surface area (Å²) in [6, 6.07) is 13.2. The summed E-state index contributed by atoms with van der Waals surface area (Å²) in [5, 5.41) is 6.27. The summed E-state index contributed by atoms with van der Waals surface area (Å²) in [6.45, 7) is 3.76. The molecule has 32 heavy (non-hydrogen) atoms. The molecule has 1 aliphatic rings. The Morgan fingerprint density at radius 2 is 1.91 bits per heavy atom. The maximum absolute atomic E-state index is 12.9. The molecule has 176 valence electrons. The SMILES string of the molecule is CCNC(=NCc1ccc(OC)cc1OC)NCCS(=O)(=O)N1CCc2ccccc21.I. The average molecular weight is 574 g/mol. The number of hydrogen-bond acceptors (Lipinski definition) is 5. The Hall–Kier alpha value is -2.21. The molecule has 2 N–H and O–H groups in total. The summed E-state index contributed by atoms with van der Waals surface area (Å²) in [5.41, 5.74) is 2.76. The first-order chi connectivity index (χ1) is 15.0. The quantitative estimate of drug-likeness (QED) is 0.272. The molecule has 0 saturated carbocycles. The van der Waals surface area contributed by atoms with Crippen LogP contribution in [0.3, 0.4) is 0 Å². The zero-order chi connectivity index (χ0) is 22.3. The lowest BCUT2D eigenvalue weighted by molar-refractivity contribution is 0.391. The summed E-state index contributed by atoms with van der Waals surface area (Å²) in [6.07, 6.45) is 0.747. The molecule has 10 heteroatoms. The van der Waals surface area contributed by atoms with Gasteiger partial charge in [-0.05, 0) is 37.1 Å². The highest BCUT2D eigenvalue weighted by Crippen LogP contribution is 2.30. The van der Waals surface area contributed by atoms with Crippen molar-refractivity contribution >= 4 is 45.6 Å². The summed E-state index contributed by atoms with van der Waals surface area (Å²) in [4.78, 5) is 4.57. The number of hydrogen-bond donors (Lipinski definition) is 2. The molecule has 0 atom stereocenters. The van der Waals surface area contributed by atoms with Gasteiger partial charge in [0.2, 0.25) is 10.0 Å². The summed E-state index contributed by atoms with van der Waals surface area (Å²) < 4.78 is 37.9. The van der Waals surface area contributed by atoms with E-state index in [-0.39, 0.29) is 36.3 Å². The second-order valence-electron chi connectivity index (χ2n) is 7.07. The largest absolute Gasteiger partial charge is 0.497 e. The molecule has 0 spiro atoms. The van der Waals surface area contributed by atoms with Crippen LogP contribution in [0, 0.1) is 0 Å². The van der Waals surface area contributed by atoms with Crippen LogP contribution < -0.4 is 24.4 Å². The van der Waals surface area contributed by atoms with Crippen molar-refractivity contribution < 1.29 is 17.9 Å². The van der Waals surface area contributed by atoms with Gasteiger partial charge in [-0.3, -0.25) is 4.31 Å². The Labute approximate surface area is 207 Å². The van der Waals surface area contributed by atoms with E-state index in [1.807, 2.05) is 49.4 Å². The second-order valence-corrected chi connectivity index (χ2v) is 9.08. The zero-order valence-electron chi connectivity index (χ0n) is 18.6. The average Bonchev–Trinajstić information content (AvgIpc) is 3.22. The number of para-hydroxylation sites is 1. The predicted molar refractivity (Wildman–Crippen MR) is 139 cm³/mol. The molecule has 0 amide bonds. The van der Waals surface area contributed by atoms with Crippen LogP contribution in [0.15, 0.2) is 47.5 Å². The molecule has 3 rings (SSSR count). The van der Waals surface area contributed by atoms with Gasteiger partial charge in [0.05, 0.1) is 32.2 Å². The molecule has 8 nitrogen and oxygen atoms in total. The maximum atomic E-state index is 12.9. The van der Waals surface area contributed by atoms with Gasteiger partial charge >= 0.3 is 0 Å². The van der Waals surface area contributed by atoms with Gasteiger partial charge in [-0.15, -0.1) is 24.0 Å². The van der Waals surface area contributed by atoms with Gasteiger partial charge in [0.25, 0.3) is 0 Å². The molecular formula is C22H31IN4O4S. The molecule has 1 aliphatic heterocycles. The standard InChI is InChI=1S/C22H30N4O4S.HI/c1-4-23-22(25-16-18-9-10-19(29-2)15-21(18)30-3)24-12-14-31(27,28)26-13-11-17-7-5-6-8-20(17)26;/h5-10,15H,4,11-14,16H2,1-3H3,(H2,23,24,25);1H. The maximum Gasteiger partial charge on any atom is 0.236 e. The van der Waals surface area contributed by atoms with Gasteiger partial charge in [0.15, 0.2) is 5.96 Å². The Kier molecular flexibility index (Phi) is 9.88. The van der Waals surface area contributed by atoms with Gasteiger partial charge in [-0.1, -0.05) is 18.2 Å². The van der Waals surface area contributed by atoms with Crippen molar-refractivity contribution in [2.45, 2.75) is 19.9 Å². The number of sulfonamides is 1. The molecule has 0 aliphatic carbocycles. The number of methoxy groups -OCH3 is 2. The zero-order valence-corrected chi connectivity index (χ0v) is 21.8. The molecular weight excluding hydrogens is 543 g/mol. The van der Waals surface area contributed by atoms with E-state index in [0.29, 0.717) is 37.1 Å². The first kappa shape index (κ1) is 26.0. The first-order valence-electron chi connectivity index (χ1n) is 10.3. The monoisotopic (exact) mass is 574 g/mol. The molecule has 2 aromatic rings. The van der Waals surface area contributed by atoms with Gasteiger partial charge < -0.3 is 20.1 Å². The fourth-order valence-corrected chi connectivity index (χ4v) is 4.92. The summed E-state index contributed by atoms with van der Waals surface area (Å²) in [7, 11) is -0.206. The third-order valence-electron chi connectivity index (χ3n) is 5.08. The number of ether oxygens (including phenoxy) is 2. The fourth-order valence-electron chi connectivity index (χ4n) is 3.49. The van der Waals surface area contributed by atoms with E-state index in [9.17, 15) is 8.42 Å².